The molecule has 0 aliphatic heterocycles. The summed E-state index contributed by atoms with van der Waals surface area (Å²) in [4.78, 5) is 25.7. The van der Waals surface area contributed by atoms with Crippen molar-refractivity contribution in [2.75, 3.05) is 0 Å². The molecule has 0 fully saturated rings. The molecule has 0 amide bonds. The zero-order chi connectivity index (χ0) is 13.2. The van der Waals surface area contributed by atoms with Crippen LogP contribution in [-0.4, -0.2) is 10.8 Å². The number of aromatic amines is 1. The minimum absolute atomic E-state index is 0.00940. The fraction of sp³-hybridized carbons (Fsp3) is 0.0667. The molecule has 1 heterocycles. The van der Waals surface area contributed by atoms with Crippen molar-refractivity contribution in [2.45, 2.75) is 6.42 Å². The first-order valence-electron chi connectivity index (χ1n) is 5.92. The number of ketones is 1. The van der Waals surface area contributed by atoms with Crippen molar-refractivity contribution in [2.24, 2.45) is 0 Å². The lowest BCUT2D eigenvalue weighted by Gasteiger charge is -2.01. The van der Waals surface area contributed by atoms with Crippen LogP contribution in [0.15, 0.2) is 57.7 Å². The normalized spacial score (nSPS) is 10.7. The molecule has 1 aromatic heterocycles. The number of Topliss-reactive ketones (excluding diaryl/α,β-unsaturated/α-hetero) is 1. The van der Waals surface area contributed by atoms with E-state index in [1.54, 1.807) is 18.2 Å². The molecule has 2 aromatic carbocycles. The molecule has 0 unspecified atom stereocenters. The predicted octanol–water partition coefficient (Wildman–Crippen LogP) is 2.55. The highest BCUT2D eigenvalue weighted by Crippen LogP contribution is 2.14. The van der Waals surface area contributed by atoms with Crippen molar-refractivity contribution in [1.82, 2.24) is 4.98 Å². The van der Waals surface area contributed by atoms with Gasteiger partial charge in [0.2, 0.25) is 0 Å². The Hall–Kier alpha value is -2.62. The summed E-state index contributed by atoms with van der Waals surface area (Å²) < 4.78 is 4.90. The van der Waals surface area contributed by atoms with Gasteiger partial charge < -0.3 is 4.42 Å². The molecule has 4 heteroatoms. The molecule has 0 saturated carbocycles. The Labute approximate surface area is 108 Å². The summed E-state index contributed by atoms with van der Waals surface area (Å²) in [5.74, 6) is -0.502. The average Bonchev–Trinajstić information content (AvgIpc) is 2.78. The molecule has 4 nitrogen and oxygen atoms in total. The molecule has 1 N–H and O–H groups in total. The summed E-state index contributed by atoms with van der Waals surface area (Å²) in [5.41, 5.74) is 2.53. The van der Waals surface area contributed by atoms with Crippen molar-refractivity contribution >= 4 is 16.9 Å². The highest BCUT2D eigenvalue weighted by atomic mass is 16.4. The zero-order valence-electron chi connectivity index (χ0n) is 10.1. The summed E-state index contributed by atoms with van der Waals surface area (Å²) in [6, 6.07) is 14.5. The van der Waals surface area contributed by atoms with Crippen LogP contribution in [0.4, 0.5) is 0 Å². The molecule has 0 aliphatic carbocycles. The molecular weight excluding hydrogens is 242 g/mol. The summed E-state index contributed by atoms with van der Waals surface area (Å²) in [6.45, 7) is 0. The van der Waals surface area contributed by atoms with E-state index in [-0.39, 0.29) is 5.78 Å². The number of H-pyrrole nitrogens is 1. The van der Waals surface area contributed by atoms with Gasteiger partial charge in [-0.2, -0.15) is 0 Å². The predicted molar refractivity (Wildman–Crippen MR) is 71.3 cm³/mol. The molecule has 0 atom stereocenters. The molecule has 0 saturated heterocycles. The maximum Gasteiger partial charge on any atom is 0.417 e. The van der Waals surface area contributed by atoms with Gasteiger partial charge in [0.1, 0.15) is 0 Å². The van der Waals surface area contributed by atoms with Crippen LogP contribution in [0.5, 0.6) is 0 Å². The number of nitrogens with one attached hydrogen (secondary N) is 1. The Kier molecular flexibility index (Phi) is 2.76. The van der Waals surface area contributed by atoms with Gasteiger partial charge in [0.15, 0.2) is 11.4 Å². The lowest BCUT2D eigenvalue weighted by molar-refractivity contribution is 0.0993. The SMILES string of the molecule is O=C(Cc1ccccc1)c1ccc2oc(=O)[nH]c2c1. The molecular formula is C15H11NO3. The van der Waals surface area contributed by atoms with E-state index in [4.69, 9.17) is 4.42 Å². The topological polar surface area (TPSA) is 63.1 Å². The third-order valence-electron chi connectivity index (χ3n) is 2.95. The number of carbonyl (C=O) groups is 1. The number of oxazole rings is 1. The van der Waals surface area contributed by atoms with Crippen molar-refractivity contribution in [3.05, 3.63) is 70.2 Å². The summed E-state index contributed by atoms with van der Waals surface area (Å²) in [5, 5.41) is 0. The van der Waals surface area contributed by atoms with Crippen LogP contribution in [0.3, 0.4) is 0 Å². The van der Waals surface area contributed by atoms with Crippen LogP contribution in [-0.2, 0) is 6.42 Å². The maximum atomic E-state index is 12.1. The van der Waals surface area contributed by atoms with E-state index in [1.807, 2.05) is 30.3 Å². The van der Waals surface area contributed by atoms with E-state index in [9.17, 15) is 9.59 Å². The number of benzene rings is 2. The van der Waals surface area contributed by atoms with Crippen LogP contribution in [0.2, 0.25) is 0 Å². The van der Waals surface area contributed by atoms with Crippen LogP contribution in [0.1, 0.15) is 15.9 Å². The van der Waals surface area contributed by atoms with Crippen LogP contribution >= 0.6 is 0 Å². The van der Waals surface area contributed by atoms with Gasteiger partial charge in [-0.15, -0.1) is 0 Å². The molecule has 0 radical (unpaired) electrons. The molecule has 0 spiro atoms. The Bertz CT molecular complexity index is 784. The van der Waals surface area contributed by atoms with Crippen molar-refractivity contribution in [3.63, 3.8) is 0 Å². The summed E-state index contributed by atoms with van der Waals surface area (Å²) in [6.07, 6.45) is 0.342. The maximum absolute atomic E-state index is 12.1. The van der Waals surface area contributed by atoms with E-state index in [0.717, 1.165) is 5.56 Å². The fourth-order valence-corrected chi connectivity index (χ4v) is 2.01. The molecule has 0 bridgehead atoms. The molecule has 3 rings (SSSR count). The van der Waals surface area contributed by atoms with E-state index in [1.165, 1.54) is 0 Å². The van der Waals surface area contributed by atoms with Crippen molar-refractivity contribution in [1.29, 1.82) is 0 Å². The van der Waals surface area contributed by atoms with Gasteiger partial charge in [-0.05, 0) is 23.8 Å². The van der Waals surface area contributed by atoms with Crippen LogP contribution in [0.25, 0.3) is 11.1 Å². The number of fused-ring (bicyclic) bond motifs is 1. The van der Waals surface area contributed by atoms with Crippen LogP contribution in [0, 0.1) is 0 Å². The Morgan fingerprint density at radius 2 is 1.89 bits per heavy atom. The average molecular weight is 253 g/mol. The van der Waals surface area contributed by atoms with Gasteiger partial charge in [-0.1, -0.05) is 30.3 Å². The second kappa shape index (κ2) is 4.57. The third kappa shape index (κ3) is 2.33. The summed E-state index contributed by atoms with van der Waals surface area (Å²) >= 11 is 0. The second-order valence-corrected chi connectivity index (χ2v) is 4.31. The van der Waals surface area contributed by atoms with Crippen molar-refractivity contribution < 1.29 is 9.21 Å². The molecule has 0 aliphatic rings. The van der Waals surface area contributed by atoms with E-state index in [2.05, 4.69) is 4.98 Å². The highest BCUT2D eigenvalue weighted by Gasteiger charge is 2.09. The van der Waals surface area contributed by atoms with Crippen molar-refractivity contribution in [3.8, 4) is 0 Å². The minimum atomic E-state index is -0.511. The standard InChI is InChI=1S/C15H11NO3/c17-13(8-10-4-2-1-3-5-10)11-6-7-14-12(9-11)16-15(18)19-14/h1-7,9H,8H2,(H,16,18). The Morgan fingerprint density at radius 1 is 1.11 bits per heavy atom. The van der Waals surface area contributed by atoms with Crippen LogP contribution < -0.4 is 5.76 Å². The number of hydrogen-bond donors (Lipinski definition) is 1. The largest absolute Gasteiger partial charge is 0.417 e. The van der Waals surface area contributed by atoms with Gasteiger partial charge >= 0.3 is 5.76 Å². The quantitative estimate of drug-likeness (QED) is 0.729. The first-order chi connectivity index (χ1) is 9.22. The molecule has 3 aromatic rings. The highest BCUT2D eigenvalue weighted by molar-refractivity contribution is 5.99. The zero-order valence-corrected chi connectivity index (χ0v) is 10.1. The van der Waals surface area contributed by atoms with Gasteiger partial charge in [-0.25, -0.2) is 4.79 Å². The number of hydrogen-bond acceptors (Lipinski definition) is 3. The third-order valence-corrected chi connectivity index (χ3v) is 2.95. The van der Waals surface area contributed by atoms with Gasteiger partial charge in [0, 0.05) is 12.0 Å². The lowest BCUT2D eigenvalue weighted by Crippen LogP contribution is -2.03. The fourth-order valence-electron chi connectivity index (χ4n) is 2.01. The lowest BCUT2D eigenvalue weighted by atomic mass is 10.0. The molecule has 19 heavy (non-hydrogen) atoms. The van der Waals surface area contributed by atoms with E-state index < -0.39 is 5.76 Å². The smallest absolute Gasteiger partial charge is 0.408 e. The van der Waals surface area contributed by atoms with Gasteiger partial charge in [0.05, 0.1) is 5.52 Å². The first-order valence-corrected chi connectivity index (χ1v) is 5.92. The number of aromatic nitrogens is 1. The minimum Gasteiger partial charge on any atom is -0.408 e. The first kappa shape index (κ1) is 11.5. The summed E-state index contributed by atoms with van der Waals surface area (Å²) in [7, 11) is 0. The van der Waals surface area contributed by atoms with E-state index >= 15 is 0 Å². The second-order valence-electron chi connectivity index (χ2n) is 4.31. The Balaban J connectivity index is 1.91. The number of carbonyl (C=O) groups excluding carboxylic acids is 1. The number of rotatable bonds is 3. The van der Waals surface area contributed by atoms with Gasteiger partial charge in [0.25, 0.3) is 0 Å². The van der Waals surface area contributed by atoms with Gasteiger partial charge in [-0.3, -0.25) is 9.78 Å². The molecule has 94 valence electrons. The Morgan fingerprint density at radius 3 is 2.68 bits per heavy atom. The van der Waals surface area contributed by atoms with E-state index in [0.29, 0.717) is 23.1 Å². The monoisotopic (exact) mass is 253 g/mol.